The van der Waals surface area contributed by atoms with Crippen LogP contribution in [0.4, 0.5) is 5.69 Å². The minimum atomic E-state index is -0.272. The Balaban J connectivity index is 1.13. The molecule has 164 valence electrons. The molecule has 0 spiro atoms. The molecule has 2 amide bonds. The molecule has 1 saturated carbocycles. The molecule has 5 aliphatic rings. The molecule has 1 aromatic rings. The van der Waals surface area contributed by atoms with E-state index in [1.54, 1.807) is 0 Å². The highest BCUT2D eigenvalue weighted by molar-refractivity contribution is 5.87. The minimum Gasteiger partial charge on any atom is -0.330 e. The van der Waals surface area contributed by atoms with Crippen LogP contribution in [0.5, 0.6) is 0 Å². The van der Waals surface area contributed by atoms with Gasteiger partial charge in [0.25, 0.3) is 0 Å². The lowest BCUT2D eigenvalue weighted by Crippen LogP contribution is -2.53. The fourth-order valence-corrected chi connectivity index (χ4v) is 6.81. The highest BCUT2D eigenvalue weighted by Gasteiger charge is 2.56. The Kier molecular flexibility index (Phi) is 4.35. The second-order valence-corrected chi connectivity index (χ2v) is 10.2. The van der Waals surface area contributed by atoms with Crippen molar-refractivity contribution < 1.29 is 9.59 Å². The van der Waals surface area contributed by atoms with Gasteiger partial charge in [0.15, 0.2) is 5.69 Å². The lowest BCUT2D eigenvalue weighted by atomic mass is 10.0. The summed E-state index contributed by atoms with van der Waals surface area (Å²) in [6.45, 7) is 10.6. The van der Waals surface area contributed by atoms with Gasteiger partial charge >= 0.3 is 0 Å². The average Bonchev–Trinajstić information content (AvgIpc) is 3.14. The van der Waals surface area contributed by atoms with Gasteiger partial charge < -0.3 is 9.80 Å². The molecule has 0 N–H and O–H groups in total. The van der Waals surface area contributed by atoms with Gasteiger partial charge in [-0.1, -0.05) is 30.7 Å². The first-order valence-electron chi connectivity index (χ1n) is 11.8. The molecule has 0 radical (unpaired) electrons. The SMILES string of the molecule is [C-]#[N+]c1ccc2c(c1)CC[C@H]2N1C(=O)[C@@H]2C[C@H]1CN2C[C@H](C)C(=O)N1C2C[C@H]2C[C@H]1C#N. The summed E-state index contributed by atoms with van der Waals surface area (Å²) in [5.41, 5.74) is 3.06. The summed E-state index contributed by atoms with van der Waals surface area (Å²) in [7, 11) is 0. The predicted octanol–water partition coefficient (Wildman–Crippen LogP) is 2.66. The van der Waals surface area contributed by atoms with Crippen LogP contribution in [0.3, 0.4) is 0 Å². The van der Waals surface area contributed by atoms with Crippen molar-refractivity contribution in [3.63, 3.8) is 0 Å². The third-order valence-corrected chi connectivity index (χ3v) is 8.39. The summed E-state index contributed by atoms with van der Waals surface area (Å²) in [6, 6.07) is 8.33. The summed E-state index contributed by atoms with van der Waals surface area (Å²) in [4.78, 5) is 36.2. The van der Waals surface area contributed by atoms with E-state index in [-0.39, 0.29) is 47.9 Å². The fraction of sp³-hybridized carbons (Fsp3) is 0.600. The zero-order valence-electron chi connectivity index (χ0n) is 18.3. The van der Waals surface area contributed by atoms with Crippen LogP contribution >= 0.6 is 0 Å². The normalized spacial score (nSPS) is 35.4. The lowest BCUT2D eigenvalue weighted by molar-refractivity contribution is -0.142. The predicted molar refractivity (Wildman–Crippen MR) is 116 cm³/mol. The van der Waals surface area contributed by atoms with Crippen molar-refractivity contribution >= 4 is 17.5 Å². The van der Waals surface area contributed by atoms with Crippen LogP contribution in [-0.2, 0) is 16.0 Å². The number of piperazine rings is 1. The molecule has 7 heteroatoms. The average molecular weight is 430 g/mol. The van der Waals surface area contributed by atoms with Crippen LogP contribution in [0.15, 0.2) is 18.2 Å². The van der Waals surface area contributed by atoms with E-state index in [0.29, 0.717) is 18.2 Å². The molecule has 1 aromatic carbocycles. The van der Waals surface area contributed by atoms with Gasteiger partial charge in [0.1, 0.15) is 6.04 Å². The van der Waals surface area contributed by atoms with Crippen LogP contribution in [0.2, 0.25) is 0 Å². The topological polar surface area (TPSA) is 72.0 Å². The van der Waals surface area contributed by atoms with Gasteiger partial charge in [0.05, 0.1) is 24.7 Å². The van der Waals surface area contributed by atoms with Crippen molar-refractivity contribution in [1.82, 2.24) is 14.7 Å². The molecule has 2 aliphatic carbocycles. The van der Waals surface area contributed by atoms with Crippen molar-refractivity contribution in [2.24, 2.45) is 11.8 Å². The molecular weight excluding hydrogens is 402 g/mol. The number of piperidine rings is 1. The van der Waals surface area contributed by atoms with E-state index < -0.39 is 0 Å². The first-order chi connectivity index (χ1) is 15.5. The van der Waals surface area contributed by atoms with Gasteiger partial charge in [-0.2, -0.15) is 5.26 Å². The van der Waals surface area contributed by atoms with E-state index in [9.17, 15) is 14.9 Å². The molecule has 3 aliphatic heterocycles. The van der Waals surface area contributed by atoms with Gasteiger partial charge in [0, 0.05) is 31.1 Å². The molecule has 3 heterocycles. The van der Waals surface area contributed by atoms with Gasteiger partial charge in [-0.05, 0) is 43.6 Å². The highest BCUT2D eigenvalue weighted by atomic mass is 16.2. The Labute approximate surface area is 188 Å². The van der Waals surface area contributed by atoms with E-state index in [1.165, 1.54) is 11.1 Å². The first-order valence-corrected chi connectivity index (χ1v) is 11.8. The first kappa shape index (κ1) is 19.8. The Morgan fingerprint density at radius 3 is 2.91 bits per heavy atom. The maximum atomic E-state index is 13.4. The van der Waals surface area contributed by atoms with E-state index in [4.69, 9.17) is 6.57 Å². The number of carbonyl (C=O) groups is 2. The third kappa shape index (κ3) is 2.81. The smallest absolute Gasteiger partial charge is 0.240 e. The van der Waals surface area contributed by atoms with Crippen molar-refractivity contribution in [2.75, 3.05) is 13.1 Å². The number of carbonyl (C=O) groups excluding carboxylic acids is 2. The third-order valence-electron chi connectivity index (χ3n) is 8.39. The molecular formula is C25H27N5O2. The Bertz CT molecular complexity index is 1090. The van der Waals surface area contributed by atoms with Gasteiger partial charge in [-0.3, -0.25) is 14.5 Å². The highest BCUT2D eigenvalue weighted by Crippen LogP contribution is 2.48. The van der Waals surface area contributed by atoms with Gasteiger partial charge in [-0.15, -0.1) is 0 Å². The maximum Gasteiger partial charge on any atom is 0.240 e. The maximum absolute atomic E-state index is 13.4. The molecule has 7 atom stereocenters. The number of fused-ring (bicyclic) bond motifs is 4. The largest absolute Gasteiger partial charge is 0.330 e. The zero-order valence-corrected chi connectivity index (χ0v) is 18.3. The fourth-order valence-electron chi connectivity index (χ4n) is 6.81. The van der Waals surface area contributed by atoms with Gasteiger partial charge in [0.2, 0.25) is 11.8 Å². The number of aryl methyl sites for hydroxylation is 1. The molecule has 0 aromatic heterocycles. The van der Waals surface area contributed by atoms with Crippen LogP contribution in [0, 0.1) is 29.7 Å². The van der Waals surface area contributed by atoms with E-state index in [1.807, 2.05) is 30.0 Å². The summed E-state index contributed by atoms with van der Waals surface area (Å²) >= 11 is 0. The van der Waals surface area contributed by atoms with Crippen molar-refractivity contribution in [1.29, 1.82) is 5.26 Å². The second kappa shape index (κ2) is 7.05. The molecule has 3 saturated heterocycles. The standard InChI is InChI=1S/C25H27N5O2/c1-14(24(31)29-18(11-26)8-16-9-22(16)29)12-28-13-19-10-23(28)25(32)30(19)21-6-3-15-7-17(27-2)4-5-20(15)21/h4-5,7,14,16,18-19,21-23H,3,6,8-10,12-13H2,1H3/t14-,16+,18-,19-,21+,22?,23-/m0/s1. The number of nitrogens with zero attached hydrogens (tertiary/aromatic N) is 5. The number of hydrogen-bond donors (Lipinski definition) is 0. The number of likely N-dealkylation sites (tertiary alicyclic amines) is 3. The second-order valence-electron chi connectivity index (χ2n) is 10.2. The van der Waals surface area contributed by atoms with Crippen LogP contribution in [-0.4, -0.2) is 63.8 Å². The van der Waals surface area contributed by atoms with Gasteiger partial charge in [-0.25, -0.2) is 4.85 Å². The molecule has 7 nitrogen and oxygen atoms in total. The quantitative estimate of drug-likeness (QED) is 0.690. The Morgan fingerprint density at radius 1 is 1.31 bits per heavy atom. The molecule has 2 bridgehead atoms. The van der Waals surface area contributed by atoms with E-state index in [0.717, 1.165) is 38.6 Å². The number of benzene rings is 1. The molecule has 32 heavy (non-hydrogen) atoms. The molecule has 4 fully saturated rings. The van der Waals surface area contributed by atoms with E-state index in [2.05, 4.69) is 20.7 Å². The summed E-state index contributed by atoms with van der Waals surface area (Å²) in [6.07, 6.45) is 4.53. The Morgan fingerprint density at radius 2 is 2.16 bits per heavy atom. The van der Waals surface area contributed by atoms with Crippen LogP contribution in [0.25, 0.3) is 4.85 Å². The summed E-state index contributed by atoms with van der Waals surface area (Å²) in [5.74, 6) is 0.583. The van der Waals surface area contributed by atoms with Crippen molar-refractivity contribution in [2.45, 2.75) is 69.2 Å². The van der Waals surface area contributed by atoms with Crippen LogP contribution < -0.4 is 0 Å². The minimum absolute atomic E-state index is 0.0777. The molecule has 6 rings (SSSR count). The van der Waals surface area contributed by atoms with Crippen molar-refractivity contribution in [3.05, 3.63) is 40.7 Å². The number of nitriles is 1. The number of rotatable bonds is 4. The van der Waals surface area contributed by atoms with Crippen molar-refractivity contribution in [3.8, 4) is 6.07 Å². The summed E-state index contributed by atoms with van der Waals surface area (Å²) in [5, 5.41) is 9.42. The summed E-state index contributed by atoms with van der Waals surface area (Å²) < 4.78 is 0. The number of hydrogen-bond acceptors (Lipinski definition) is 4. The zero-order chi connectivity index (χ0) is 22.1. The molecule has 1 unspecified atom stereocenters. The monoisotopic (exact) mass is 429 g/mol. The van der Waals surface area contributed by atoms with E-state index >= 15 is 0 Å². The lowest BCUT2D eigenvalue weighted by Gasteiger charge is -2.39. The van der Waals surface area contributed by atoms with Crippen LogP contribution in [0.1, 0.15) is 49.8 Å². The number of amides is 2. The Hall–Kier alpha value is -2.90.